The van der Waals surface area contributed by atoms with Gasteiger partial charge >= 0.3 is 0 Å². The van der Waals surface area contributed by atoms with Crippen molar-refractivity contribution >= 4 is 46.5 Å². The van der Waals surface area contributed by atoms with Gasteiger partial charge in [-0.05, 0) is 55.0 Å². The average molecular weight is 379 g/mol. The van der Waals surface area contributed by atoms with Gasteiger partial charge in [-0.2, -0.15) is 0 Å². The Morgan fingerprint density at radius 1 is 1.00 bits per heavy atom. The number of amides is 2. The van der Waals surface area contributed by atoms with Crippen LogP contribution in [0.2, 0.25) is 10.0 Å². The number of hydrogen-bond acceptors (Lipinski definition) is 3. The first kappa shape index (κ1) is 19.0. The predicted molar refractivity (Wildman–Crippen MR) is 98.0 cm³/mol. The molecule has 0 heterocycles. The third-order valence-electron chi connectivity index (χ3n) is 3.29. The highest BCUT2D eigenvalue weighted by Crippen LogP contribution is 2.20. The molecule has 0 saturated carbocycles. The van der Waals surface area contributed by atoms with Gasteiger partial charge in [0.2, 0.25) is 5.91 Å². The van der Waals surface area contributed by atoms with Crippen molar-refractivity contribution in [3.63, 3.8) is 0 Å². The van der Waals surface area contributed by atoms with Crippen LogP contribution in [0.1, 0.15) is 29.3 Å². The average Bonchev–Trinajstić information content (AvgIpc) is 2.55. The maximum atomic E-state index is 12.2. The van der Waals surface area contributed by atoms with E-state index < -0.39 is 0 Å². The van der Waals surface area contributed by atoms with Crippen LogP contribution in [0.15, 0.2) is 42.5 Å². The Morgan fingerprint density at radius 3 is 2.32 bits per heavy atom. The Bertz CT molecular complexity index is 804. The second-order valence-electron chi connectivity index (χ2n) is 5.42. The first-order valence-electron chi connectivity index (χ1n) is 7.46. The highest BCUT2D eigenvalue weighted by Gasteiger charge is 2.09. The SMILES string of the molecule is CC(=O)CC(=O)Nc1ccc(C(=O)NCc2cc(Cl)ccc2Cl)cc1. The highest BCUT2D eigenvalue weighted by molar-refractivity contribution is 6.33. The Balaban J connectivity index is 1.95. The summed E-state index contributed by atoms with van der Waals surface area (Å²) >= 11 is 12.0. The lowest BCUT2D eigenvalue weighted by atomic mass is 10.1. The molecule has 25 heavy (non-hydrogen) atoms. The van der Waals surface area contributed by atoms with Crippen molar-refractivity contribution in [2.45, 2.75) is 19.9 Å². The fourth-order valence-electron chi connectivity index (χ4n) is 2.09. The van der Waals surface area contributed by atoms with Gasteiger partial charge in [0.25, 0.3) is 5.91 Å². The van der Waals surface area contributed by atoms with Gasteiger partial charge in [0.15, 0.2) is 0 Å². The van der Waals surface area contributed by atoms with E-state index in [0.29, 0.717) is 21.3 Å². The van der Waals surface area contributed by atoms with Crippen molar-refractivity contribution in [1.82, 2.24) is 5.32 Å². The molecule has 0 atom stereocenters. The summed E-state index contributed by atoms with van der Waals surface area (Å²) in [4.78, 5) is 34.6. The molecule has 0 saturated heterocycles. The maximum absolute atomic E-state index is 12.2. The number of carbonyl (C=O) groups is 3. The molecular formula is C18H16Cl2N2O3. The van der Waals surface area contributed by atoms with Gasteiger partial charge < -0.3 is 10.6 Å². The summed E-state index contributed by atoms with van der Waals surface area (Å²) in [5.41, 5.74) is 1.67. The van der Waals surface area contributed by atoms with Crippen LogP contribution < -0.4 is 10.6 Å². The fraction of sp³-hybridized carbons (Fsp3) is 0.167. The van der Waals surface area contributed by atoms with Crippen LogP contribution in [-0.2, 0) is 16.1 Å². The van der Waals surface area contributed by atoms with Gasteiger partial charge in [0, 0.05) is 27.8 Å². The molecular weight excluding hydrogens is 363 g/mol. The van der Waals surface area contributed by atoms with Crippen molar-refractivity contribution in [2.75, 3.05) is 5.32 Å². The van der Waals surface area contributed by atoms with E-state index >= 15 is 0 Å². The van der Waals surface area contributed by atoms with Gasteiger partial charge in [-0.3, -0.25) is 14.4 Å². The molecule has 7 heteroatoms. The number of rotatable bonds is 6. The van der Waals surface area contributed by atoms with E-state index in [0.717, 1.165) is 5.56 Å². The van der Waals surface area contributed by atoms with Crippen molar-refractivity contribution in [3.8, 4) is 0 Å². The van der Waals surface area contributed by atoms with Crippen LogP contribution in [0.3, 0.4) is 0 Å². The lowest BCUT2D eigenvalue weighted by Gasteiger charge is -2.09. The number of Topliss-reactive ketones (excluding diaryl/α,β-unsaturated/α-hetero) is 1. The minimum absolute atomic E-state index is 0.178. The van der Waals surface area contributed by atoms with Gasteiger partial charge in [-0.1, -0.05) is 23.2 Å². The molecule has 130 valence electrons. The van der Waals surface area contributed by atoms with Crippen LogP contribution in [-0.4, -0.2) is 17.6 Å². The lowest BCUT2D eigenvalue weighted by molar-refractivity contribution is -0.124. The Morgan fingerprint density at radius 2 is 1.68 bits per heavy atom. The standard InChI is InChI=1S/C18H16Cl2N2O3/c1-11(23)8-17(24)22-15-5-2-12(3-6-15)18(25)21-10-13-9-14(19)4-7-16(13)20/h2-7,9H,8,10H2,1H3,(H,21,25)(H,22,24). The van der Waals surface area contributed by atoms with E-state index in [1.54, 1.807) is 42.5 Å². The number of halogens is 2. The summed E-state index contributed by atoms with van der Waals surface area (Å²) in [6.45, 7) is 1.59. The Kier molecular flexibility index (Phi) is 6.56. The molecule has 0 unspecified atom stereocenters. The lowest BCUT2D eigenvalue weighted by Crippen LogP contribution is -2.23. The number of ketones is 1. The molecule has 2 aromatic rings. The summed E-state index contributed by atoms with van der Waals surface area (Å²) in [7, 11) is 0. The second-order valence-corrected chi connectivity index (χ2v) is 6.27. The molecule has 2 amide bonds. The molecule has 0 fully saturated rings. The quantitative estimate of drug-likeness (QED) is 0.749. The summed E-state index contributed by atoms with van der Waals surface area (Å²) in [6.07, 6.45) is -0.178. The second kappa shape index (κ2) is 8.65. The van der Waals surface area contributed by atoms with Crippen LogP contribution in [0.5, 0.6) is 0 Å². The van der Waals surface area contributed by atoms with Crippen LogP contribution in [0.4, 0.5) is 5.69 Å². The number of nitrogens with one attached hydrogen (secondary N) is 2. The minimum atomic E-state index is -0.389. The summed E-state index contributed by atoms with van der Waals surface area (Å²) in [6, 6.07) is 11.4. The molecule has 0 aliphatic rings. The topological polar surface area (TPSA) is 75.3 Å². The van der Waals surface area contributed by atoms with Crippen LogP contribution >= 0.6 is 23.2 Å². The maximum Gasteiger partial charge on any atom is 0.251 e. The molecule has 0 aliphatic carbocycles. The zero-order chi connectivity index (χ0) is 18.4. The predicted octanol–water partition coefficient (Wildman–Crippen LogP) is 3.84. The fourth-order valence-corrected chi connectivity index (χ4v) is 2.47. The van der Waals surface area contributed by atoms with Crippen molar-refractivity contribution in [1.29, 1.82) is 0 Å². The monoisotopic (exact) mass is 378 g/mol. The highest BCUT2D eigenvalue weighted by atomic mass is 35.5. The zero-order valence-corrected chi connectivity index (χ0v) is 14.9. The molecule has 0 aromatic heterocycles. The van der Waals surface area contributed by atoms with E-state index in [-0.39, 0.29) is 30.6 Å². The van der Waals surface area contributed by atoms with Gasteiger partial charge in [0.1, 0.15) is 5.78 Å². The number of carbonyl (C=O) groups excluding carboxylic acids is 3. The third-order valence-corrected chi connectivity index (χ3v) is 3.89. The van der Waals surface area contributed by atoms with E-state index in [2.05, 4.69) is 10.6 Å². The molecule has 0 bridgehead atoms. The van der Waals surface area contributed by atoms with Crippen molar-refractivity contribution in [2.24, 2.45) is 0 Å². The Hall–Kier alpha value is -2.37. The van der Waals surface area contributed by atoms with E-state index in [1.807, 2.05) is 0 Å². The van der Waals surface area contributed by atoms with Gasteiger partial charge in [0.05, 0.1) is 6.42 Å². The molecule has 2 N–H and O–H groups in total. The first-order valence-corrected chi connectivity index (χ1v) is 8.22. The van der Waals surface area contributed by atoms with E-state index in [4.69, 9.17) is 23.2 Å². The van der Waals surface area contributed by atoms with Crippen molar-refractivity contribution in [3.05, 3.63) is 63.6 Å². The smallest absolute Gasteiger partial charge is 0.251 e. The van der Waals surface area contributed by atoms with Crippen molar-refractivity contribution < 1.29 is 14.4 Å². The molecule has 0 aliphatic heterocycles. The number of anilines is 1. The van der Waals surface area contributed by atoms with E-state index in [1.165, 1.54) is 6.92 Å². The molecule has 2 rings (SSSR count). The Labute approximate surface area is 155 Å². The molecule has 5 nitrogen and oxygen atoms in total. The van der Waals surface area contributed by atoms with Gasteiger partial charge in [-0.15, -0.1) is 0 Å². The van der Waals surface area contributed by atoms with Gasteiger partial charge in [-0.25, -0.2) is 0 Å². The number of benzene rings is 2. The normalized spacial score (nSPS) is 10.2. The summed E-state index contributed by atoms with van der Waals surface area (Å²) in [5.74, 6) is -0.883. The third kappa shape index (κ3) is 5.89. The summed E-state index contributed by atoms with van der Waals surface area (Å²) in [5, 5.41) is 6.41. The van der Waals surface area contributed by atoms with Crippen LogP contribution in [0.25, 0.3) is 0 Å². The number of hydrogen-bond donors (Lipinski definition) is 2. The minimum Gasteiger partial charge on any atom is -0.348 e. The first-order chi connectivity index (χ1) is 11.8. The molecule has 0 radical (unpaired) electrons. The van der Waals surface area contributed by atoms with E-state index in [9.17, 15) is 14.4 Å². The summed E-state index contributed by atoms with van der Waals surface area (Å²) < 4.78 is 0. The molecule has 2 aromatic carbocycles. The molecule has 0 spiro atoms. The zero-order valence-electron chi connectivity index (χ0n) is 13.4. The largest absolute Gasteiger partial charge is 0.348 e. The van der Waals surface area contributed by atoms with Crippen LogP contribution in [0, 0.1) is 0 Å².